The summed E-state index contributed by atoms with van der Waals surface area (Å²) in [7, 11) is 0. The molecule has 0 saturated carbocycles. The van der Waals surface area contributed by atoms with E-state index in [-0.39, 0.29) is 5.91 Å². The number of rotatable bonds is 7. The molecule has 0 spiro atoms. The highest BCUT2D eigenvalue weighted by Gasteiger charge is 2.21. The number of carbonyl (C=O) groups is 1. The van der Waals surface area contributed by atoms with Gasteiger partial charge in [0, 0.05) is 48.4 Å². The van der Waals surface area contributed by atoms with E-state index in [0.29, 0.717) is 43.0 Å². The molecular formula is C24H25ClN4O3. The first-order chi connectivity index (χ1) is 15.6. The summed E-state index contributed by atoms with van der Waals surface area (Å²) >= 11 is 5.93. The third-order valence-corrected chi connectivity index (χ3v) is 5.49. The summed E-state index contributed by atoms with van der Waals surface area (Å²) in [5, 5.41) is 4.72. The average Bonchev–Trinajstić information content (AvgIpc) is 3.28. The normalized spacial score (nSPS) is 14.8. The van der Waals surface area contributed by atoms with Gasteiger partial charge in [-0.1, -0.05) is 35.0 Å². The molecule has 0 atom stereocenters. The summed E-state index contributed by atoms with van der Waals surface area (Å²) in [4.78, 5) is 21.2. The molecule has 2 heterocycles. The van der Waals surface area contributed by atoms with Crippen molar-refractivity contribution in [3.8, 4) is 17.1 Å². The molecule has 0 N–H and O–H groups in total. The molecule has 8 heteroatoms. The van der Waals surface area contributed by atoms with E-state index >= 15 is 0 Å². The second-order valence-corrected chi connectivity index (χ2v) is 7.86. The number of halogens is 1. The first-order valence-electron chi connectivity index (χ1n) is 10.6. The van der Waals surface area contributed by atoms with Crippen molar-refractivity contribution in [3.05, 3.63) is 71.1 Å². The number of para-hydroxylation sites is 1. The van der Waals surface area contributed by atoms with Gasteiger partial charge in [0.15, 0.2) is 0 Å². The number of amides is 1. The molecule has 166 valence electrons. The molecule has 0 aliphatic carbocycles. The topological polar surface area (TPSA) is 71.7 Å². The molecule has 1 fully saturated rings. The van der Waals surface area contributed by atoms with Crippen LogP contribution < -0.4 is 4.74 Å². The second-order valence-electron chi connectivity index (χ2n) is 7.42. The molecule has 1 aliphatic rings. The molecule has 7 nitrogen and oxygen atoms in total. The summed E-state index contributed by atoms with van der Waals surface area (Å²) in [5.41, 5.74) is 1.76. The zero-order valence-electron chi connectivity index (χ0n) is 17.9. The van der Waals surface area contributed by atoms with E-state index in [1.165, 1.54) is 0 Å². The standard InChI is InChI=1S/C24H25ClN4O3/c1-2-31-21-6-4-3-5-18(21)9-12-23(30)29-15-13-28(14-16-29)17-22-26-24(27-32-22)19-7-10-20(25)11-8-19/h3-12H,2,13-17H2,1H3. The number of ether oxygens (including phenoxy) is 1. The van der Waals surface area contributed by atoms with Gasteiger partial charge in [0.25, 0.3) is 0 Å². The van der Waals surface area contributed by atoms with Crippen LogP contribution in [0.1, 0.15) is 18.4 Å². The van der Waals surface area contributed by atoms with E-state index in [0.717, 1.165) is 30.0 Å². The van der Waals surface area contributed by atoms with Gasteiger partial charge in [0.1, 0.15) is 5.75 Å². The summed E-state index contributed by atoms with van der Waals surface area (Å²) in [6.07, 6.45) is 3.43. The molecule has 1 saturated heterocycles. The van der Waals surface area contributed by atoms with Gasteiger partial charge in [-0.3, -0.25) is 9.69 Å². The van der Waals surface area contributed by atoms with Crippen LogP contribution in [0.2, 0.25) is 5.02 Å². The Morgan fingerprint density at radius 1 is 1.12 bits per heavy atom. The highest BCUT2D eigenvalue weighted by atomic mass is 35.5. The third kappa shape index (κ3) is 5.55. The first-order valence-corrected chi connectivity index (χ1v) is 11.0. The van der Waals surface area contributed by atoms with Gasteiger partial charge in [0.05, 0.1) is 13.2 Å². The third-order valence-electron chi connectivity index (χ3n) is 5.24. The number of aromatic nitrogens is 2. The fourth-order valence-corrected chi connectivity index (χ4v) is 3.65. The lowest BCUT2D eigenvalue weighted by Crippen LogP contribution is -2.47. The quantitative estimate of drug-likeness (QED) is 0.501. The van der Waals surface area contributed by atoms with Gasteiger partial charge in [-0.15, -0.1) is 0 Å². The SMILES string of the molecule is CCOc1ccccc1C=CC(=O)N1CCN(Cc2nc(-c3ccc(Cl)cc3)no2)CC1. The summed E-state index contributed by atoms with van der Waals surface area (Å²) in [5.74, 6) is 1.88. The van der Waals surface area contributed by atoms with Crippen LogP contribution in [-0.2, 0) is 11.3 Å². The minimum atomic E-state index is -0.00114. The molecule has 0 bridgehead atoms. The van der Waals surface area contributed by atoms with Crippen molar-refractivity contribution >= 4 is 23.6 Å². The van der Waals surface area contributed by atoms with Crippen molar-refractivity contribution in [1.29, 1.82) is 0 Å². The largest absolute Gasteiger partial charge is 0.493 e. The number of nitrogens with zero attached hydrogens (tertiary/aromatic N) is 4. The summed E-state index contributed by atoms with van der Waals surface area (Å²) in [6.45, 7) is 5.87. The van der Waals surface area contributed by atoms with E-state index in [1.807, 2.05) is 54.3 Å². The fraction of sp³-hybridized carbons (Fsp3) is 0.292. The number of benzene rings is 2. The van der Waals surface area contributed by atoms with Gasteiger partial charge in [0.2, 0.25) is 17.6 Å². The van der Waals surface area contributed by atoms with Crippen LogP contribution in [0.3, 0.4) is 0 Å². The molecule has 1 amide bonds. The first kappa shape index (κ1) is 22.0. The van der Waals surface area contributed by atoms with Crippen molar-refractivity contribution < 1.29 is 14.1 Å². The van der Waals surface area contributed by atoms with Crippen LogP contribution >= 0.6 is 11.6 Å². The molecule has 2 aromatic carbocycles. The molecular weight excluding hydrogens is 428 g/mol. The highest BCUT2D eigenvalue weighted by Crippen LogP contribution is 2.21. The van der Waals surface area contributed by atoms with Crippen molar-refractivity contribution in [2.45, 2.75) is 13.5 Å². The fourth-order valence-electron chi connectivity index (χ4n) is 3.52. The summed E-state index contributed by atoms with van der Waals surface area (Å²) < 4.78 is 11.0. The van der Waals surface area contributed by atoms with Crippen LogP contribution in [0.15, 0.2) is 59.1 Å². The maximum absolute atomic E-state index is 12.6. The molecule has 0 unspecified atom stereocenters. The van der Waals surface area contributed by atoms with Crippen LogP contribution in [0.5, 0.6) is 5.75 Å². The van der Waals surface area contributed by atoms with Gasteiger partial charge < -0.3 is 14.2 Å². The number of hydrogen-bond acceptors (Lipinski definition) is 6. The monoisotopic (exact) mass is 452 g/mol. The van der Waals surface area contributed by atoms with Crippen LogP contribution in [0, 0.1) is 0 Å². The lowest BCUT2D eigenvalue weighted by atomic mass is 10.2. The van der Waals surface area contributed by atoms with Gasteiger partial charge in [-0.05, 0) is 43.3 Å². The van der Waals surface area contributed by atoms with Crippen molar-refractivity contribution in [2.24, 2.45) is 0 Å². The Bertz CT molecular complexity index is 1070. The van der Waals surface area contributed by atoms with E-state index in [1.54, 1.807) is 18.2 Å². The molecule has 4 rings (SSSR count). The van der Waals surface area contributed by atoms with E-state index < -0.39 is 0 Å². The molecule has 3 aromatic rings. The van der Waals surface area contributed by atoms with Crippen LogP contribution in [-0.4, -0.2) is 58.6 Å². The molecule has 0 radical (unpaired) electrons. The number of hydrogen-bond donors (Lipinski definition) is 0. The Kier molecular flexibility index (Phi) is 7.19. The number of carbonyl (C=O) groups excluding carboxylic acids is 1. The second kappa shape index (κ2) is 10.4. The smallest absolute Gasteiger partial charge is 0.246 e. The molecule has 32 heavy (non-hydrogen) atoms. The minimum Gasteiger partial charge on any atom is -0.493 e. The maximum Gasteiger partial charge on any atom is 0.246 e. The maximum atomic E-state index is 12.6. The van der Waals surface area contributed by atoms with Crippen LogP contribution in [0.4, 0.5) is 0 Å². The number of piperazine rings is 1. The van der Waals surface area contributed by atoms with E-state index in [2.05, 4.69) is 15.0 Å². The average molecular weight is 453 g/mol. The predicted octanol–water partition coefficient (Wildman–Crippen LogP) is 4.15. The minimum absolute atomic E-state index is 0.00114. The lowest BCUT2D eigenvalue weighted by Gasteiger charge is -2.33. The lowest BCUT2D eigenvalue weighted by molar-refractivity contribution is -0.127. The Labute approximate surface area is 192 Å². The Morgan fingerprint density at radius 3 is 2.62 bits per heavy atom. The predicted molar refractivity (Wildman–Crippen MR) is 123 cm³/mol. The highest BCUT2D eigenvalue weighted by molar-refractivity contribution is 6.30. The van der Waals surface area contributed by atoms with E-state index in [4.69, 9.17) is 20.9 Å². The van der Waals surface area contributed by atoms with Crippen molar-refractivity contribution in [1.82, 2.24) is 19.9 Å². The molecule has 1 aromatic heterocycles. The van der Waals surface area contributed by atoms with Crippen molar-refractivity contribution in [2.75, 3.05) is 32.8 Å². The van der Waals surface area contributed by atoms with Gasteiger partial charge >= 0.3 is 0 Å². The molecule has 1 aliphatic heterocycles. The Hall–Kier alpha value is -3.16. The van der Waals surface area contributed by atoms with Crippen molar-refractivity contribution in [3.63, 3.8) is 0 Å². The Morgan fingerprint density at radius 2 is 1.88 bits per heavy atom. The zero-order valence-corrected chi connectivity index (χ0v) is 18.7. The zero-order chi connectivity index (χ0) is 22.3. The van der Waals surface area contributed by atoms with Gasteiger partial charge in [-0.25, -0.2) is 0 Å². The van der Waals surface area contributed by atoms with Crippen LogP contribution in [0.25, 0.3) is 17.5 Å². The summed E-state index contributed by atoms with van der Waals surface area (Å²) in [6, 6.07) is 15.0. The van der Waals surface area contributed by atoms with E-state index in [9.17, 15) is 4.79 Å². The van der Waals surface area contributed by atoms with Gasteiger partial charge in [-0.2, -0.15) is 4.98 Å². The Balaban J connectivity index is 1.29.